The maximum Gasteiger partial charge on any atom is 0.416 e. The van der Waals surface area contributed by atoms with E-state index in [-0.39, 0.29) is 17.0 Å². The topological polar surface area (TPSA) is 58.4 Å². The molecule has 0 atom stereocenters. The molecule has 2 aromatic carbocycles. The molecular weight excluding hydrogens is 443 g/mol. The maximum absolute atomic E-state index is 13.5. The predicted octanol–water partition coefficient (Wildman–Crippen LogP) is 5.66. The van der Waals surface area contributed by atoms with Crippen LogP contribution in [0.3, 0.4) is 0 Å². The fourth-order valence-electron chi connectivity index (χ4n) is 2.36. The lowest BCUT2D eigenvalue weighted by Crippen LogP contribution is -2.37. The molecule has 2 rings (SSSR count). The van der Waals surface area contributed by atoms with Crippen LogP contribution in [0, 0.1) is 0 Å². The molecule has 27 heavy (non-hydrogen) atoms. The number of aryl methyl sites for hydroxylation is 1. The Morgan fingerprint density at radius 1 is 1.30 bits per heavy atom. The van der Waals surface area contributed by atoms with Gasteiger partial charge in [0.15, 0.2) is 0 Å². The Hall–Kier alpha value is -1.71. The Balaban J connectivity index is 2.39. The second-order valence-electron chi connectivity index (χ2n) is 5.78. The van der Waals surface area contributed by atoms with Crippen molar-refractivity contribution < 1.29 is 18.0 Å². The van der Waals surface area contributed by atoms with Crippen LogP contribution in [0.15, 0.2) is 45.8 Å². The van der Waals surface area contributed by atoms with Gasteiger partial charge in [0.25, 0.3) is 0 Å². The summed E-state index contributed by atoms with van der Waals surface area (Å²) in [6.07, 6.45) is -3.71. The van der Waals surface area contributed by atoms with Crippen LogP contribution in [-0.4, -0.2) is 18.1 Å². The number of thioether (sulfide) groups is 1. The summed E-state index contributed by atoms with van der Waals surface area (Å²) in [5.41, 5.74) is 0.389. The van der Waals surface area contributed by atoms with Crippen molar-refractivity contribution in [2.75, 3.05) is 12.4 Å². The van der Waals surface area contributed by atoms with Crippen molar-refractivity contribution in [3.05, 3.63) is 57.6 Å². The number of benzene rings is 2. The number of hydrogen-bond donors (Lipinski definition) is 2. The van der Waals surface area contributed by atoms with Gasteiger partial charge in [-0.2, -0.15) is 13.2 Å². The van der Waals surface area contributed by atoms with E-state index in [0.29, 0.717) is 0 Å². The number of carbonyl (C=O) groups excluding carboxylic acids is 1. The number of nitrogens with one attached hydrogen (secondary N) is 1. The molecule has 4 nitrogen and oxygen atoms in total. The molecule has 0 aliphatic carbocycles. The summed E-state index contributed by atoms with van der Waals surface area (Å²) < 4.78 is 41.3. The van der Waals surface area contributed by atoms with E-state index in [1.807, 2.05) is 25.1 Å². The van der Waals surface area contributed by atoms with E-state index in [2.05, 4.69) is 21.2 Å². The molecule has 0 aliphatic heterocycles. The number of nitrogens with zero attached hydrogens (tertiary/aromatic N) is 1. The molecule has 0 bridgehead atoms. The molecule has 146 valence electrons. The first-order valence-corrected chi connectivity index (χ1v) is 9.81. The van der Waals surface area contributed by atoms with Gasteiger partial charge in [0.1, 0.15) is 0 Å². The minimum atomic E-state index is -4.53. The average molecular weight is 462 g/mol. The third-order valence-electron chi connectivity index (χ3n) is 3.82. The molecule has 0 aromatic heterocycles. The van der Waals surface area contributed by atoms with Crippen LogP contribution in [0.4, 0.5) is 23.7 Å². The van der Waals surface area contributed by atoms with Crippen molar-refractivity contribution in [2.24, 2.45) is 5.84 Å². The highest BCUT2D eigenvalue weighted by Crippen LogP contribution is 2.39. The van der Waals surface area contributed by atoms with Gasteiger partial charge < -0.3 is 5.32 Å². The highest BCUT2D eigenvalue weighted by Gasteiger charge is 2.34. The number of alkyl halides is 3. The third kappa shape index (κ3) is 5.63. The van der Waals surface area contributed by atoms with E-state index in [0.717, 1.165) is 32.4 Å². The first-order chi connectivity index (χ1) is 12.6. The van der Waals surface area contributed by atoms with Crippen molar-refractivity contribution in [3.8, 4) is 0 Å². The highest BCUT2D eigenvalue weighted by atomic mass is 79.9. The maximum atomic E-state index is 13.5. The number of rotatable bonds is 5. The zero-order valence-corrected chi connectivity index (χ0v) is 17.1. The molecular formula is C18H19BrF3N3OS. The van der Waals surface area contributed by atoms with Crippen molar-refractivity contribution in [3.63, 3.8) is 0 Å². The molecule has 0 unspecified atom stereocenters. The summed E-state index contributed by atoms with van der Waals surface area (Å²) in [7, 11) is 1.31. The van der Waals surface area contributed by atoms with Crippen LogP contribution in [0.2, 0.25) is 0 Å². The van der Waals surface area contributed by atoms with Gasteiger partial charge in [-0.3, -0.25) is 5.01 Å². The van der Waals surface area contributed by atoms with E-state index in [9.17, 15) is 18.0 Å². The number of amides is 2. The summed E-state index contributed by atoms with van der Waals surface area (Å²) in [5, 5.41) is 3.21. The summed E-state index contributed by atoms with van der Waals surface area (Å²) in [4.78, 5) is 12.7. The molecule has 3 N–H and O–H groups in total. The van der Waals surface area contributed by atoms with Gasteiger partial charge in [-0.05, 0) is 57.7 Å². The Labute approximate surface area is 168 Å². The lowest BCUT2D eigenvalue weighted by atomic mass is 10.1. The van der Waals surface area contributed by atoms with Gasteiger partial charge in [0.2, 0.25) is 0 Å². The van der Waals surface area contributed by atoms with Gasteiger partial charge in [-0.15, -0.1) is 11.8 Å². The second kappa shape index (κ2) is 8.99. The van der Waals surface area contributed by atoms with Gasteiger partial charge in [-0.1, -0.05) is 19.1 Å². The van der Waals surface area contributed by atoms with Crippen LogP contribution < -0.4 is 11.2 Å². The molecule has 0 spiro atoms. The first kappa shape index (κ1) is 21.6. The molecule has 2 aromatic rings. The molecule has 0 heterocycles. The molecule has 0 fully saturated rings. The van der Waals surface area contributed by atoms with E-state index in [1.54, 1.807) is 0 Å². The number of hydrazine groups is 1. The van der Waals surface area contributed by atoms with E-state index in [4.69, 9.17) is 5.84 Å². The summed E-state index contributed by atoms with van der Waals surface area (Å²) >= 11 is 4.70. The van der Waals surface area contributed by atoms with Gasteiger partial charge in [-0.25, -0.2) is 10.6 Å². The highest BCUT2D eigenvalue weighted by molar-refractivity contribution is 9.10. The fourth-order valence-corrected chi connectivity index (χ4v) is 4.00. The van der Waals surface area contributed by atoms with Crippen LogP contribution in [0.25, 0.3) is 0 Å². The number of hydrogen-bond acceptors (Lipinski definition) is 3. The Morgan fingerprint density at radius 2 is 2.00 bits per heavy atom. The van der Waals surface area contributed by atoms with Gasteiger partial charge in [0, 0.05) is 27.9 Å². The summed E-state index contributed by atoms with van der Waals surface area (Å²) in [6, 6.07) is 8.78. The lowest BCUT2D eigenvalue weighted by Gasteiger charge is -2.19. The van der Waals surface area contributed by atoms with E-state index >= 15 is 0 Å². The normalized spacial score (nSPS) is 11.4. The van der Waals surface area contributed by atoms with Crippen molar-refractivity contribution in [1.82, 2.24) is 5.01 Å². The molecule has 0 radical (unpaired) electrons. The summed E-state index contributed by atoms with van der Waals surface area (Å²) in [5.74, 6) is 5.40. The quantitative estimate of drug-likeness (QED) is 0.261. The lowest BCUT2D eigenvalue weighted by molar-refractivity contribution is -0.138. The van der Waals surface area contributed by atoms with Crippen molar-refractivity contribution in [2.45, 2.75) is 30.2 Å². The number of carbonyl (C=O) groups is 1. The Bertz CT molecular complexity index is 828. The van der Waals surface area contributed by atoms with E-state index in [1.165, 1.54) is 30.9 Å². The average Bonchev–Trinajstić information content (AvgIpc) is 2.60. The molecule has 9 heteroatoms. The third-order valence-corrected chi connectivity index (χ3v) is 5.85. The molecule has 0 saturated carbocycles. The Morgan fingerprint density at radius 3 is 2.59 bits per heavy atom. The van der Waals surface area contributed by atoms with Crippen LogP contribution in [0.1, 0.15) is 23.6 Å². The summed E-state index contributed by atoms with van der Waals surface area (Å²) in [6.45, 7) is 2.01. The number of nitrogens with two attached hydrogens (primary N) is 1. The minimum absolute atomic E-state index is 0.000925. The number of urea groups is 1. The molecule has 2 amide bonds. The van der Waals surface area contributed by atoms with Gasteiger partial charge in [0.05, 0.1) is 5.56 Å². The minimum Gasteiger partial charge on any atom is -0.306 e. The number of halogens is 4. The zero-order chi connectivity index (χ0) is 20.2. The number of anilines is 1. The monoisotopic (exact) mass is 461 g/mol. The second-order valence-corrected chi connectivity index (χ2v) is 7.65. The molecule has 0 aliphatic rings. The predicted molar refractivity (Wildman–Crippen MR) is 105 cm³/mol. The van der Waals surface area contributed by atoms with Crippen LogP contribution in [0.5, 0.6) is 0 Å². The van der Waals surface area contributed by atoms with Crippen LogP contribution in [-0.2, 0) is 18.3 Å². The first-order valence-electron chi connectivity index (χ1n) is 8.03. The SMILES string of the molecule is CCc1ccc(Br)c(SCc2c(NC(=O)N(C)N)cccc2C(F)(F)F)c1. The van der Waals surface area contributed by atoms with Crippen LogP contribution >= 0.6 is 27.7 Å². The standard InChI is InChI=1S/C18H19BrF3N3OS/c1-3-11-7-8-14(19)16(9-11)27-10-12-13(18(20,21)22)5-4-6-15(12)24-17(26)25(2)23/h4-9H,3,10,23H2,1-2H3,(H,24,26). The van der Waals surface area contributed by atoms with Crippen molar-refractivity contribution >= 4 is 39.4 Å². The smallest absolute Gasteiger partial charge is 0.306 e. The largest absolute Gasteiger partial charge is 0.416 e. The van der Waals surface area contributed by atoms with E-state index < -0.39 is 17.8 Å². The molecule has 0 saturated heterocycles. The fraction of sp³-hybridized carbons (Fsp3) is 0.278. The van der Waals surface area contributed by atoms with Crippen molar-refractivity contribution in [1.29, 1.82) is 0 Å². The Kier molecular flexibility index (Phi) is 7.19. The van der Waals surface area contributed by atoms with Gasteiger partial charge >= 0.3 is 12.2 Å². The zero-order valence-electron chi connectivity index (χ0n) is 14.7.